The number of anilines is 1. The van der Waals surface area contributed by atoms with Gasteiger partial charge in [-0.1, -0.05) is 11.6 Å². The monoisotopic (exact) mass is 291 g/mol. The van der Waals surface area contributed by atoms with E-state index in [1.54, 1.807) is 41.2 Å². The largest absolute Gasteiger partial charge is 0.304 e. The van der Waals surface area contributed by atoms with E-state index in [4.69, 9.17) is 11.6 Å². The van der Waals surface area contributed by atoms with Crippen LogP contribution in [-0.2, 0) is 0 Å². The van der Waals surface area contributed by atoms with E-state index in [2.05, 4.69) is 9.97 Å². The van der Waals surface area contributed by atoms with Gasteiger partial charge in [0.2, 0.25) is 0 Å². The molecular weight excluding hydrogens is 282 g/mol. The van der Waals surface area contributed by atoms with Gasteiger partial charge in [0.15, 0.2) is 0 Å². The van der Waals surface area contributed by atoms with Gasteiger partial charge in [-0.25, -0.2) is 4.98 Å². The van der Waals surface area contributed by atoms with E-state index in [0.29, 0.717) is 17.3 Å². The molecule has 2 aromatic rings. The van der Waals surface area contributed by atoms with E-state index in [-0.39, 0.29) is 5.91 Å². The summed E-state index contributed by atoms with van der Waals surface area (Å²) in [5.74, 6) is 0.752. The van der Waals surface area contributed by atoms with Gasteiger partial charge in [0.05, 0.1) is 16.9 Å². The molecule has 1 aliphatic heterocycles. The fourth-order valence-corrected chi connectivity index (χ4v) is 2.99. The van der Waals surface area contributed by atoms with Crippen LogP contribution in [0.1, 0.15) is 10.5 Å². The van der Waals surface area contributed by atoms with E-state index in [1.807, 2.05) is 6.07 Å². The molecule has 0 atom stereocenters. The lowest BCUT2D eigenvalue weighted by molar-refractivity contribution is 0.0983. The average molecular weight is 292 g/mol. The number of thioether (sulfide) groups is 1. The number of pyridine rings is 2. The first-order valence-corrected chi connectivity index (χ1v) is 7.12. The fourth-order valence-electron chi connectivity index (χ4n) is 1.92. The number of fused-ring (bicyclic) bond motifs is 1. The third-order valence-corrected chi connectivity index (χ3v) is 4.08. The Hall–Kier alpha value is -1.59. The Labute approximate surface area is 119 Å². The predicted molar refractivity (Wildman–Crippen MR) is 75.9 cm³/mol. The number of amides is 1. The highest BCUT2D eigenvalue weighted by atomic mass is 35.5. The highest BCUT2D eigenvalue weighted by molar-refractivity contribution is 7.99. The molecule has 0 saturated heterocycles. The van der Waals surface area contributed by atoms with Crippen LogP contribution in [0.15, 0.2) is 41.7 Å². The highest BCUT2D eigenvalue weighted by Gasteiger charge is 2.24. The molecule has 0 unspecified atom stereocenters. The van der Waals surface area contributed by atoms with Crippen LogP contribution in [-0.4, -0.2) is 28.2 Å². The Balaban J connectivity index is 1.95. The molecule has 96 valence electrons. The van der Waals surface area contributed by atoms with Gasteiger partial charge in [-0.05, 0) is 18.2 Å². The minimum Gasteiger partial charge on any atom is -0.304 e. The van der Waals surface area contributed by atoms with E-state index in [1.165, 1.54) is 6.20 Å². The van der Waals surface area contributed by atoms with Crippen LogP contribution < -0.4 is 4.90 Å². The van der Waals surface area contributed by atoms with Gasteiger partial charge in [-0.15, -0.1) is 11.8 Å². The third-order valence-electron chi connectivity index (χ3n) is 2.82. The first-order chi connectivity index (χ1) is 9.25. The molecule has 4 nitrogen and oxygen atoms in total. The zero-order valence-electron chi connectivity index (χ0n) is 9.91. The van der Waals surface area contributed by atoms with Crippen LogP contribution in [0.25, 0.3) is 0 Å². The van der Waals surface area contributed by atoms with Gasteiger partial charge in [0.1, 0.15) is 5.69 Å². The van der Waals surface area contributed by atoms with Crippen molar-refractivity contribution in [3.05, 3.63) is 47.5 Å². The zero-order valence-corrected chi connectivity index (χ0v) is 11.5. The average Bonchev–Trinajstić information content (AvgIpc) is 2.47. The van der Waals surface area contributed by atoms with Crippen molar-refractivity contribution in [2.75, 3.05) is 17.2 Å². The standard InChI is InChI=1S/C13H10ClN3OS/c14-9-1-2-10(16-7-9)13(18)17-5-6-19-12-3-4-15-8-11(12)17/h1-4,7-8H,5-6H2. The molecule has 0 spiro atoms. The van der Waals surface area contributed by atoms with Crippen molar-refractivity contribution in [1.29, 1.82) is 0 Å². The second-order valence-electron chi connectivity index (χ2n) is 4.01. The summed E-state index contributed by atoms with van der Waals surface area (Å²) in [6.07, 6.45) is 4.94. The van der Waals surface area contributed by atoms with Crippen molar-refractivity contribution >= 4 is 35.0 Å². The number of hydrogen-bond donors (Lipinski definition) is 0. The Bertz CT molecular complexity index is 618. The van der Waals surface area contributed by atoms with E-state index >= 15 is 0 Å². The molecule has 3 heterocycles. The molecular formula is C13H10ClN3OS. The number of nitrogens with zero attached hydrogens (tertiary/aromatic N) is 3. The van der Waals surface area contributed by atoms with Crippen LogP contribution in [0.2, 0.25) is 5.02 Å². The molecule has 0 saturated carbocycles. The number of rotatable bonds is 1. The Kier molecular flexibility index (Phi) is 3.40. The maximum absolute atomic E-state index is 12.5. The number of hydrogen-bond acceptors (Lipinski definition) is 4. The Morgan fingerprint density at radius 2 is 2.21 bits per heavy atom. The summed E-state index contributed by atoms with van der Waals surface area (Å²) in [5, 5.41) is 0.521. The highest BCUT2D eigenvalue weighted by Crippen LogP contribution is 2.34. The van der Waals surface area contributed by atoms with Gasteiger partial charge in [0, 0.05) is 29.6 Å². The number of carbonyl (C=O) groups is 1. The van der Waals surface area contributed by atoms with Crippen molar-refractivity contribution in [2.45, 2.75) is 4.90 Å². The fraction of sp³-hybridized carbons (Fsp3) is 0.154. The molecule has 2 aromatic heterocycles. The summed E-state index contributed by atoms with van der Waals surface area (Å²) < 4.78 is 0. The molecule has 6 heteroatoms. The molecule has 0 N–H and O–H groups in total. The summed E-state index contributed by atoms with van der Waals surface area (Å²) in [5.41, 5.74) is 1.24. The van der Waals surface area contributed by atoms with Crippen LogP contribution in [0.4, 0.5) is 5.69 Å². The topological polar surface area (TPSA) is 46.1 Å². The maximum Gasteiger partial charge on any atom is 0.276 e. The molecule has 3 rings (SSSR count). The summed E-state index contributed by atoms with van der Waals surface area (Å²) in [6, 6.07) is 5.24. The Morgan fingerprint density at radius 1 is 1.32 bits per heavy atom. The normalized spacial score (nSPS) is 14.1. The van der Waals surface area contributed by atoms with Gasteiger partial charge in [-0.3, -0.25) is 9.78 Å². The van der Waals surface area contributed by atoms with E-state index < -0.39 is 0 Å². The van der Waals surface area contributed by atoms with Gasteiger partial charge < -0.3 is 4.90 Å². The molecule has 19 heavy (non-hydrogen) atoms. The smallest absolute Gasteiger partial charge is 0.276 e. The summed E-state index contributed by atoms with van der Waals surface area (Å²) in [6.45, 7) is 0.659. The van der Waals surface area contributed by atoms with Crippen LogP contribution >= 0.6 is 23.4 Å². The zero-order chi connectivity index (χ0) is 13.2. The number of aromatic nitrogens is 2. The van der Waals surface area contributed by atoms with Crippen molar-refractivity contribution in [1.82, 2.24) is 9.97 Å². The number of halogens is 1. The van der Waals surface area contributed by atoms with E-state index in [0.717, 1.165) is 16.3 Å². The molecule has 0 bridgehead atoms. The third kappa shape index (κ3) is 2.43. The van der Waals surface area contributed by atoms with Crippen molar-refractivity contribution in [2.24, 2.45) is 0 Å². The van der Waals surface area contributed by atoms with Crippen LogP contribution in [0.5, 0.6) is 0 Å². The molecule has 0 aliphatic carbocycles. The second-order valence-corrected chi connectivity index (χ2v) is 5.58. The van der Waals surface area contributed by atoms with Gasteiger partial charge >= 0.3 is 0 Å². The van der Waals surface area contributed by atoms with E-state index in [9.17, 15) is 4.79 Å². The summed E-state index contributed by atoms with van der Waals surface area (Å²) in [4.78, 5) is 23.4. The van der Waals surface area contributed by atoms with Crippen LogP contribution in [0, 0.1) is 0 Å². The first kappa shape index (κ1) is 12.4. The van der Waals surface area contributed by atoms with Gasteiger partial charge in [-0.2, -0.15) is 0 Å². The predicted octanol–water partition coefficient (Wildman–Crippen LogP) is 2.88. The second kappa shape index (κ2) is 5.19. The van der Waals surface area contributed by atoms with Crippen molar-refractivity contribution in [3.8, 4) is 0 Å². The molecule has 1 amide bonds. The first-order valence-electron chi connectivity index (χ1n) is 5.76. The van der Waals surface area contributed by atoms with Crippen molar-refractivity contribution < 1.29 is 4.79 Å². The maximum atomic E-state index is 12.5. The lowest BCUT2D eigenvalue weighted by atomic mass is 10.2. The molecule has 0 aromatic carbocycles. The minimum absolute atomic E-state index is 0.119. The lowest BCUT2D eigenvalue weighted by Crippen LogP contribution is -2.36. The summed E-state index contributed by atoms with van der Waals surface area (Å²) in [7, 11) is 0. The van der Waals surface area contributed by atoms with Crippen LogP contribution in [0.3, 0.4) is 0 Å². The SMILES string of the molecule is O=C(c1ccc(Cl)cn1)N1CCSc2ccncc21. The quantitative estimate of drug-likeness (QED) is 0.810. The molecule has 1 aliphatic rings. The molecule has 0 fully saturated rings. The Morgan fingerprint density at radius 3 is 3.00 bits per heavy atom. The molecule has 0 radical (unpaired) electrons. The minimum atomic E-state index is -0.119. The summed E-state index contributed by atoms with van der Waals surface area (Å²) >= 11 is 7.51. The number of carbonyl (C=O) groups excluding carboxylic acids is 1. The van der Waals surface area contributed by atoms with Crippen molar-refractivity contribution in [3.63, 3.8) is 0 Å². The lowest BCUT2D eigenvalue weighted by Gasteiger charge is -2.28. The van der Waals surface area contributed by atoms with Gasteiger partial charge in [0.25, 0.3) is 5.91 Å².